The first kappa shape index (κ1) is 9.39. The van der Waals surface area contributed by atoms with Gasteiger partial charge >= 0.3 is 0 Å². The van der Waals surface area contributed by atoms with Gasteiger partial charge in [0.05, 0.1) is 13.2 Å². The van der Waals surface area contributed by atoms with Crippen LogP contribution in [0.25, 0.3) is 0 Å². The maximum absolute atomic E-state index is 10.5. The predicted octanol–water partition coefficient (Wildman–Crippen LogP) is -0.336. The molecule has 0 fully saturated rings. The summed E-state index contributed by atoms with van der Waals surface area (Å²) in [7, 11) is 1.59. The summed E-state index contributed by atoms with van der Waals surface area (Å²) in [5.74, 6) is -0.0731. The van der Waals surface area contributed by atoms with Crippen molar-refractivity contribution in [3.8, 4) is 0 Å². The van der Waals surface area contributed by atoms with Gasteiger partial charge in [0.25, 0.3) is 0 Å². The summed E-state index contributed by atoms with van der Waals surface area (Å²) in [6.07, 6.45) is 0.945. The molecule has 10 heavy (non-hydrogen) atoms. The van der Waals surface area contributed by atoms with E-state index in [1.54, 1.807) is 7.05 Å². The standard InChI is InChI=1S/C6H14N2O2/c1-3-4-10-8-5-6(9)7-2/h8H,3-5H2,1-2H3,(H,7,9). The van der Waals surface area contributed by atoms with E-state index in [0.717, 1.165) is 6.42 Å². The maximum Gasteiger partial charge on any atom is 0.236 e. The van der Waals surface area contributed by atoms with Gasteiger partial charge in [-0.2, -0.15) is 5.48 Å². The van der Waals surface area contributed by atoms with Crippen LogP contribution in [0.1, 0.15) is 13.3 Å². The van der Waals surface area contributed by atoms with E-state index in [1.165, 1.54) is 0 Å². The molecule has 0 heterocycles. The quantitative estimate of drug-likeness (QED) is 0.412. The topological polar surface area (TPSA) is 50.4 Å². The van der Waals surface area contributed by atoms with Crippen LogP contribution in [0.15, 0.2) is 0 Å². The van der Waals surface area contributed by atoms with Gasteiger partial charge in [0.1, 0.15) is 0 Å². The number of carbonyl (C=O) groups excluding carboxylic acids is 1. The number of hydrogen-bond donors (Lipinski definition) is 2. The molecule has 0 aliphatic carbocycles. The van der Waals surface area contributed by atoms with Crippen LogP contribution in [-0.2, 0) is 9.63 Å². The van der Waals surface area contributed by atoms with Crippen molar-refractivity contribution in [2.75, 3.05) is 20.2 Å². The molecule has 0 aromatic rings. The summed E-state index contributed by atoms with van der Waals surface area (Å²) in [5, 5.41) is 2.46. The molecular formula is C6H14N2O2. The lowest BCUT2D eigenvalue weighted by atomic mass is 10.5. The number of hydroxylamine groups is 1. The molecule has 0 radical (unpaired) electrons. The average molecular weight is 146 g/mol. The van der Waals surface area contributed by atoms with Gasteiger partial charge in [-0.3, -0.25) is 4.79 Å². The van der Waals surface area contributed by atoms with Gasteiger partial charge in [-0.05, 0) is 6.42 Å². The van der Waals surface area contributed by atoms with Crippen molar-refractivity contribution in [2.45, 2.75) is 13.3 Å². The third-order valence-electron chi connectivity index (χ3n) is 0.920. The Hall–Kier alpha value is -0.610. The Kier molecular flexibility index (Phi) is 6.11. The monoisotopic (exact) mass is 146 g/mol. The molecule has 0 rings (SSSR count). The Morgan fingerprint density at radius 2 is 2.30 bits per heavy atom. The molecule has 0 bridgehead atoms. The molecule has 0 atom stereocenters. The summed E-state index contributed by atoms with van der Waals surface area (Å²) in [6.45, 7) is 2.86. The lowest BCUT2D eigenvalue weighted by Crippen LogP contribution is -2.31. The Morgan fingerprint density at radius 1 is 1.60 bits per heavy atom. The van der Waals surface area contributed by atoms with Crippen molar-refractivity contribution in [3.63, 3.8) is 0 Å². The van der Waals surface area contributed by atoms with Gasteiger partial charge in [-0.15, -0.1) is 0 Å². The fraction of sp³-hybridized carbons (Fsp3) is 0.833. The molecule has 0 aliphatic rings. The number of nitrogens with one attached hydrogen (secondary N) is 2. The van der Waals surface area contributed by atoms with Crippen LogP contribution in [0.5, 0.6) is 0 Å². The van der Waals surface area contributed by atoms with Crippen molar-refractivity contribution in [3.05, 3.63) is 0 Å². The van der Waals surface area contributed by atoms with Crippen LogP contribution in [-0.4, -0.2) is 26.1 Å². The van der Waals surface area contributed by atoms with Crippen LogP contribution in [0, 0.1) is 0 Å². The first-order valence-corrected chi connectivity index (χ1v) is 3.36. The molecule has 0 saturated heterocycles. The van der Waals surface area contributed by atoms with E-state index in [0.29, 0.717) is 6.61 Å². The van der Waals surface area contributed by atoms with Crippen molar-refractivity contribution < 1.29 is 9.63 Å². The SMILES string of the molecule is CCCONCC(=O)NC. The lowest BCUT2D eigenvalue weighted by Gasteiger charge is -2.02. The second-order valence-corrected chi connectivity index (χ2v) is 1.84. The van der Waals surface area contributed by atoms with Gasteiger partial charge in [-0.1, -0.05) is 6.92 Å². The van der Waals surface area contributed by atoms with E-state index >= 15 is 0 Å². The molecule has 0 spiro atoms. The first-order valence-electron chi connectivity index (χ1n) is 3.36. The van der Waals surface area contributed by atoms with Crippen molar-refractivity contribution in [2.24, 2.45) is 0 Å². The van der Waals surface area contributed by atoms with Gasteiger partial charge in [0.15, 0.2) is 0 Å². The third kappa shape index (κ3) is 5.53. The fourth-order valence-electron chi connectivity index (χ4n) is 0.379. The second-order valence-electron chi connectivity index (χ2n) is 1.84. The van der Waals surface area contributed by atoms with Crippen LogP contribution in [0.4, 0.5) is 0 Å². The van der Waals surface area contributed by atoms with Crippen LogP contribution >= 0.6 is 0 Å². The number of amides is 1. The summed E-state index contributed by atoms with van der Waals surface area (Å²) < 4.78 is 0. The second kappa shape index (κ2) is 6.51. The summed E-state index contributed by atoms with van der Waals surface area (Å²) in [4.78, 5) is 15.4. The smallest absolute Gasteiger partial charge is 0.236 e. The zero-order chi connectivity index (χ0) is 7.82. The van der Waals surface area contributed by atoms with Gasteiger partial charge in [-0.25, -0.2) is 0 Å². The van der Waals surface area contributed by atoms with Crippen LogP contribution in [0.3, 0.4) is 0 Å². The molecule has 0 unspecified atom stereocenters. The van der Waals surface area contributed by atoms with Crippen LogP contribution in [0.2, 0.25) is 0 Å². The minimum absolute atomic E-state index is 0.0731. The Labute approximate surface area is 60.9 Å². The molecule has 0 aromatic heterocycles. The highest BCUT2D eigenvalue weighted by Crippen LogP contribution is 1.73. The molecule has 1 amide bonds. The van der Waals surface area contributed by atoms with E-state index in [-0.39, 0.29) is 12.5 Å². The molecule has 2 N–H and O–H groups in total. The van der Waals surface area contributed by atoms with Crippen molar-refractivity contribution in [1.29, 1.82) is 0 Å². The van der Waals surface area contributed by atoms with Crippen molar-refractivity contribution in [1.82, 2.24) is 10.8 Å². The molecule has 4 nitrogen and oxygen atoms in total. The Morgan fingerprint density at radius 3 is 2.80 bits per heavy atom. The predicted molar refractivity (Wildman–Crippen MR) is 38.3 cm³/mol. The molecular weight excluding hydrogens is 132 g/mol. The minimum Gasteiger partial charge on any atom is -0.358 e. The highest BCUT2D eigenvalue weighted by molar-refractivity contribution is 5.77. The summed E-state index contributed by atoms with van der Waals surface area (Å²) >= 11 is 0. The van der Waals surface area contributed by atoms with E-state index in [2.05, 4.69) is 10.8 Å². The zero-order valence-corrected chi connectivity index (χ0v) is 6.44. The lowest BCUT2D eigenvalue weighted by molar-refractivity contribution is -0.122. The summed E-state index contributed by atoms with van der Waals surface area (Å²) in [6, 6.07) is 0. The number of rotatable bonds is 5. The number of hydrogen-bond acceptors (Lipinski definition) is 3. The van der Waals surface area contributed by atoms with Gasteiger partial charge < -0.3 is 10.2 Å². The molecule has 4 heteroatoms. The van der Waals surface area contributed by atoms with E-state index < -0.39 is 0 Å². The average Bonchev–Trinajstić information content (AvgIpc) is 1.98. The molecule has 0 aromatic carbocycles. The largest absolute Gasteiger partial charge is 0.358 e. The Balaban J connectivity index is 2.96. The van der Waals surface area contributed by atoms with E-state index in [1.807, 2.05) is 6.92 Å². The van der Waals surface area contributed by atoms with Gasteiger partial charge in [0, 0.05) is 7.05 Å². The normalized spacial score (nSPS) is 9.40. The summed E-state index contributed by atoms with van der Waals surface area (Å²) in [5.41, 5.74) is 2.52. The molecule has 60 valence electrons. The fourth-order valence-corrected chi connectivity index (χ4v) is 0.379. The highest BCUT2D eigenvalue weighted by atomic mass is 16.6. The highest BCUT2D eigenvalue weighted by Gasteiger charge is 1.93. The van der Waals surface area contributed by atoms with Gasteiger partial charge in [0.2, 0.25) is 5.91 Å². The zero-order valence-electron chi connectivity index (χ0n) is 6.44. The Bertz CT molecular complexity index is 95.7. The number of carbonyl (C=O) groups is 1. The first-order chi connectivity index (χ1) is 4.81. The van der Waals surface area contributed by atoms with Crippen LogP contribution < -0.4 is 10.8 Å². The van der Waals surface area contributed by atoms with E-state index in [9.17, 15) is 4.79 Å². The minimum atomic E-state index is -0.0731. The maximum atomic E-state index is 10.5. The third-order valence-corrected chi connectivity index (χ3v) is 0.920. The van der Waals surface area contributed by atoms with Crippen molar-refractivity contribution >= 4 is 5.91 Å². The molecule has 0 aliphatic heterocycles. The number of likely N-dealkylation sites (N-methyl/N-ethyl adjacent to an activating group) is 1. The van der Waals surface area contributed by atoms with E-state index in [4.69, 9.17) is 4.84 Å². The molecule has 0 saturated carbocycles.